The van der Waals surface area contributed by atoms with E-state index < -0.39 is 6.09 Å². The summed E-state index contributed by atoms with van der Waals surface area (Å²) < 4.78 is 10.3. The number of hydrogen-bond acceptors (Lipinski definition) is 5. The van der Waals surface area contributed by atoms with Gasteiger partial charge in [-0.2, -0.15) is 0 Å². The maximum Gasteiger partial charge on any atom is 0.417 e. The van der Waals surface area contributed by atoms with Gasteiger partial charge in [-0.1, -0.05) is 19.1 Å². The third kappa shape index (κ3) is 4.15. The van der Waals surface area contributed by atoms with E-state index in [1.165, 1.54) is 0 Å². The lowest BCUT2D eigenvalue weighted by atomic mass is 10.1. The molecule has 0 N–H and O–H groups in total. The van der Waals surface area contributed by atoms with Crippen molar-refractivity contribution in [2.24, 2.45) is 0 Å². The molecule has 0 bridgehead atoms. The fraction of sp³-hybridized carbons (Fsp3) is 0.526. The number of imide groups is 1. The van der Waals surface area contributed by atoms with Crippen molar-refractivity contribution in [3.8, 4) is 5.75 Å². The van der Waals surface area contributed by atoms with Crippen LogP contribution in [0, 0.1) is 0 Å². The standard InChI is InChI=1S/C19H24N2O5/c1-2-11-25-16-6-3-14(4-7-16)5-8-17(22)20-10-9-15(12-20)21-18(23)13-26-19(21)24/h3-4,6-7,15H,2,5,8-13H2,1H3. The molecule has 2 saturated heterocycles. The number of rotatable bonds is 7. The highest BCUT2D eigenvalue weighted by atomic mass is 16.6. The molecule has 3 amide bonds. The first-order chi connectivity index (χ1) is 12.6. The monoisotopic (exact) mass is 360 g/mol. The number of hydrogen-bond donors (Lipinski definition) is 0. The van der Waals surface area contributed by atoms with E-state index in [0.717, 1.165) is 22.6 Å². The Hall–Kier alpha value is -2.57. The number of nitrogens with zero attached hydrogens (tertiary/aromatic N) is 2. The van der Waals surface area contributed by atoms with Crippen molar-refractivity contribution in [3.05, 3.63) is 29.8 Å². The zero-order valence-corrected chi connectivity index (χ0v) is 15.0. The molecule has 0 radical (unpaired) electrons. The van der Waals surface area contributed by atoms with E-state index in [-0.39, 0.29) is 24.5 Å². The van der Waals surface area contributed by atoms with Crippen LogP contribution < -0.4 is 4.74 Å². The average Bonchev–Trinajstić information content (AvgIpc) is 3.25. The predicted octanol–water partition coefficient (Wildman–Crippen LogP) is 1.99. The van der Waals surface area contributed by atoms with E-state index in [0.29, 0.717) is 39.0 Å². The van der Waals surface area contributed by atoms with Gasteiger partial charge in [-0.25, -0.2) is 9.69 Å². The number of carbonyl (C=O) groups excluding carboxylic acids is 3. The number of likely N-dealkylation sites (tertiary alicyclic amines) is 1. The second kappa shape index (κ2) is 8.21. The first-order valence-electron chi connectivity index (χ1n) is 9.07. The number of cyclic esters (lactones) is 1. The van der Waals surface area contributed by atoms with Gasteiger partial charge < -0.3 is 14.4 Å². The van der Waals surface area contributed by atoms with Crippen molar-refractivity contribution in [2.75, 3.05) is 26.3 Å². The van der Waals surface area contributed by atoms with Crippen molar-refractivity contribution in [1.82, 2.24) is 9.80 Å². The Morgan fingerprint density at radius 2 is 2.04 bits per heavy atom. The average molecular weight is 360 g/mol. The van der Waals surface area contributed by atoms with Gasteiger partial charge in [0.1, 0.15) is 5.75 Å². The molecule has 2 fully saturated rings. The van der Waals surface area contributed by atoms with Crippen LogP contribution in [0.25, 0.3) is 0 Å². The van der Waals surface area contributed by atoms with E-state index in [9.17, 15) is 14.4 Å². The van der Waals surface area contributed by atoms with Gasteiger partial charge in [-0.3, -0.25) is 9.59 Å². The van der Waals surface area contributed by atoms with Gasteiger partial charge in [-0.05, 0) is 37.0 Å². The lowest BCUT2D eigenvalue weighted by Gasteiger charge is -2.20. The molecule has 2 aliphatic rings. The number of benzene rings is 1. The van der Waals surface area contributed by atoms with Crippen LogP contribution in [0.4, 0.5) is 4.79 Å². The Kier molecular flexibility index (Phi) is 5.75. The van der Waals surface area contributed by atoms with Crippen molar-refractivity contribution < 1.29 is 23.9 Å². The number of aryl methyl sites for hydroxylation is 1. The van der Waals surface area contributed by atoms with Crippen molar-refractivity contribution in [2.45, 2.75) is 38.6 Å². The minimum absolute atomic E-state index is 0.0406. The van der Waals surface area contributed by atoms with Gasteiger partial charge in [0.05, 0.1) is 12.6 Å². The van der Waals surface area contributed by atoms with Crippen LogP contribution in [-0.2, 0) is 20.7 Å². The highest BCUT2D eigenvalue weighted by molar-refractivity contribution is 5.98. The molecular formula is C19H24N2O5. The lowest BCUT2D eigenvalue weighted by Crippen LogP contribution is -2.42. The van der Waals surface area contributed by atoms with Gasteiger partial charge in [0.25, 0.3) is 5.91 Å². The summed E-state index contributed by atoms with van der Waals surface area (Å²) in [6.07, 6.45) is 2.03. The molecule has 1 aromatic carbocycles. The highest BCUT2D eigenvalue weighted by Gasteiger charge is 2.41. The van der Waals surface area contributed by atoms with Gasteiger partial charge >= 0.3 is 6.09 Å². The van der Waals surface area contributed by atoms with E-state index in [1.807, 2.05) is 24.3 Å². The van der Waals surface area contributed by atoms with Crippen LogP contribution in [0.5, 0.6) is 5.75 Å². The Morgan fingerprint density at radius 3 is 2.69 bits per heavy atom. The second-order valence-corrected chi connectivity index (χ2v) is 6.59. The Balaban J connectivity index is 1.47. The van der Waals surface area contributed by atoms with Crippen LogP contribution in [0.2, 0.25) is 0 Å². The topological polar surface area (TPSA) is 76.2 Å². The summed E-state index contributed by atoms with van der Waals surface area (Å²) in [6, 6.07) is 7.53. The molecule has 2 heterocycles. The summed E-state index contributed by atoms with van der Waals surface area (Å²) in [5.41, 5.74) is 1.08. The van der Waals surface area contributed by atoms with Crippen molar-refractivity contribution in [1.29, 1.82) is 0 Å². The zero-order chi connectivity index (χ0) is 18.5. The molecule has 2 aliphatic heterocycles. The summed E-state index contributed by atoms with van der Waals surface area (Å²) >= 11 is 0. The third-order valence-corrected chi connectivity index (χ3v) is 4.69. The highest BCUT2D eigenvalue weighted by Crippen LogP contribution is 2.21. The Labute approximate surface area is 152 Å². The minimum atomic E-state index is -0.598. The maximum absolute atomic E-state index is 12.4. The van der Waals surface area contributed by atoms with Crippen LogP contribution in [0.1, 0.15) is 31.7 Å². The van der Waals surface area contributed by atoms with Crippen LogP contribution in [-0.4, -0.2) is 60.1 Å². The fourth-order valence-corrected chi connectivity index (χ4v) is 3.28. The van der Waals surface area contributed by atoms with Gasteiger partial charge in [0.2, 0.25) is 5.91 Å². The van der Waals surface area contributed by atoms with Crippen LogP contribution in [0.15, 0.2) is 24.3 Å². The maximum atomic E-state index is 12.4. The fourth-order valence-electron chi connectivity index (χ4n) is 3.28. The SMILES string of the molecule is CCCOc1ccc(CCC(=O)N2CCC(N3C(=O)COC3=O)C2)cc1. The summed E-state index contributed by atoms with van der Waals surface area (Å²) in [4.78, 5) is 38.7. The molecule has 0 aliphatic carbocycles. The Morgan fingerprint density at radius 1 is 1.27 bits per heavy atom. The summed E-state index contributed by atoms with van der Waals surface area (Å²) in [7, 11) is 0. The number of amides is 3. The molecular weight excluding hydrogens is 336 g/mol. The third-order valence-electron chi connectivity index (χ3n) is 4.69. The molecule has 7 heteroatoms. The van der Waals surface area contributed by atoms with Crippen LogP contribution >= 0.6 is 0 Å². The smallest absolute Gasteiger partial charge is 0.417 e. The molecule has 1 aromatic rings. The molecule has 140 valence electrons. The normalized spacial score (nSPS) is 19.8. The molecule has 3 rings (SSSR count). The van der Waals surface area contributed by atoms with E-state index in [4.69, 9.17) is 9.47 Å². The molecule has 0 spiro atoms. The zero-order valence-electron chi connectivity index (χ0n) is 15.0. The molecule has 0 aromatic heterocycles. The molecule has 1 unspecified atom stereocenters. The summed E-state index contributed by atoms with van der Waals surface area (Å²) in [6.45, 7) is 3.52. The van der Waals surface area contributed by atoms with Crippen molar-refractivity contribution in [3.63, 3.8) is 0 Å². The quantitative estimate of drug-likeness (QED) is 0.743. The summed E-state index contributed by atoms with van der Waals surface area (Å²) in [5, 5.41) is 0. The van der Waals surface area contributed by atoms with Gasteiger partial charge in [-0.15, -0.1) is 0 Å². The van der Waals surface area contributed by atoms with Gasteiger partial charge in [0.15, 0.2) is 6.61 Å². The Bertz CT molecular complexity index is 657. The summed E-state index contributed by atoms with van der Waals surface area (Å²) in [5.74, 6) is 0.560. The number of carbonyl (C=O) groups is 3. The van der Waals surface area contributed by atoms with E-state index >= 15 is 0 Å². The number of ether oxygens (including phenoxy) is 2. The molecule has 1 atom stereocenters. The first kappa shape index (κ1) is 18.2. The molecule has 26 heavy (non-hydrogen) atoms. The predicted molar refractivity (Wildman–Crippen MR) is 93.7 cm³/mol. The van der Waals surface area contributed by atoms with E-state index in [2.05, 4.69) is 6.92 Å². The largest absolute Gasteiger partial charge is 0.494 e. The molecule has 0 saturated carbocycles. The van der Waals surface area contributed by atoms with Gasteiger partial charge in [0, 0.05) is 19.5 Å². The lowest BCUT2D eigenvalue weighted by molar-refractivity contribution is -0.131. The minimum Gasteiger partial charge on any atom is -0.494 e. The molecule has 7 nitrogen and oxygen atoms in total. The second-order valence-electron chi connectivity index (χ2n) is 6.59. The van der Waals surface area contributed by atoms with Crippen LogP contribution in [0.3, 0.4) is 0 Å². The van der Waals surface area contributed by atoms with E-state index in [1.54, 1.807) is 4.90 Å². The van der Waals surface area contributed by atoms with Crippen molar-refractivity contribution >= 4 is 17.9 Å². The first-order valence-corrected chi connectivity index (χ1v) is 9.07.